The highest BCUT2D eigenvalue weighted by Crippen LogP contribution is 2.37. The number of amides is 1. The molecule has 0 spiro atoms. The van der Waals surface area contributed by atoms with Gasteiger partial charge in [0, 0.05) is 16.5 Å². The number of nitrogens with one attached hydrogen (secondary N) is 1. The molecule has 1 aromatic carbocycles. The molecule has 0 fully saturated rings. The van der Waals surface area contributed by atoms with Crippen LogP contribution in [0.25, 0.3) is 6.08 Å². The Balaban J connectivity index is 1.77. The van der Waals surface area contributed by atoms with Crippen LogP contribution in [0, 0.1) is 0 Å². The van der Waals surface area contributed by atoms with Crippen LogP contribution in [0.2, 0.25) is 0 Å². The Hall–Kier alpha value is -2.80. The Morgan fingerprint density at radius 3 is 2.59 bits per heavy atom. The summed E-state index contributed by atoms with van der Waals surface area (Å²) in [5, 5.41) is 14.6. The molecule has 1 N–H and O–H groups in total. The number of carboxylic acid groups (broad SMARTS) is 1. The predicted molar refractivity (Wildman–Crippen MR) is 103 cm³/mol. The highest BCUT2D eigenvalue weighted by atomic mass is 32.1. The van der Waals surface area contributed by atoms with E-state index in [-0.39, 0.29) is 5.56 Å². The summed E-state index contributed by atoms with van der Waals surface area (Å²) in [7, 11) is 3.09. The molecule has 1 aromatic heterocycles. The Morgan fingerprint density at radius 2 is 1.89 bits per heavy atom. The van der Waals surface area contributed by atoms with Crippen LogP contribution in [0.5, 0.6) is 11.5 Å². The molecule has 142 valence electrons. The molecule has 1 aliphatic rings. The predicted octanol–water partition coefficient (Wildman–Crippen LogP) is 2.66. The van der Waals surface area contributed by atoms with E-state index in [1.807, 2.05) is 0 Å². The monoisotopic (exact) mass is 386 g/mol. The summed E-state index contributed by atoms with van der Waals surface area (Å²) >= 11 is 1.33. The van der Waals surface area contributed by atoms with Crippen LogP contribution >= 0.6 is 11.3 Å². The van der Waals surface area contributed by atoms with E-state index in [2.05, 4.69) is 5.32 Å². The van der Waals surface area contributed by atoms with Crippen molar-refractivity contribution in [3.63, 3.8) is 0 Å². The number of fused-ring (bicyclic) bond motifs is 1. The van der Waals surface area contributed by atoms with Gasteiger partial charge in [0.05, 0.1) is 20.2 Å². The van der Waals surface area contributed by atoms with Gasteiger partial charge < -0.3 is 24.7 Å². The van der Waals surface area contributed by atoms with E-state index in [1.54, 1.807) is 31.4 Å². The van der Waals surface area contributed by atoms with Crippen molar-refractivity contribution in [3.05, 3.63) is 45.8 Å². The number of carbonyl (C=O) groups is 2. The summed E-state index contributed by atoms with van der Waals surface area (Å²) in [6.45, 7) is 0. The molecule has 0 bridgehead atoms. The van der Waals surface area contributed by atoms with Crippen LogP contribution in [-0.2, 0) is 17.6 Å². The van der Waals surface area contributed by atoms with Gasteiger partial charge in [-0.25, -0.2) is 0 Å². The number of methoxy groups -OCH3 is 2. The Kier molecular flexibility index (Phi) is 5.81. The van der Waals surface area contributed by atoms with Crippen molar-refractivity contribution in [2.75, 3.05) is 19.5 Å². The number of rotatable bonds is 6. The maximum atomic E-state index is 12.3. The summed E-state index contributed by atoms with van der Waals surface area (Å²) in [6, 6.07) is 5.29. The molecule has 1 amide bonds. The molecular weight excluding hydrogens is 366 g/mol. The number of hydrogen-bond acceptors (Lipinski definition) is 6. The maximum Gasteiger partial charge on any atom is 0.249 e. The van der Waals surface area contributed by atoms with Gasteiger partial charge in [-0.05, 0) is 55.0 Å². The third kappa shape index (κ3) is 4.14. The lowest BCUT2D eigenvalue weighted by molar-refractivity contribution is -0.254. The van der Waals surface area contributed by atoms with E-state index in [0.717, 1.165) is 35.3 Å². The molecule has 3 rings (SSSR count). The van der Waals surface area contributed by atoms with Gasteiger partial charge in [-0.1, -0.05) is 6.07 Å². The van der Waals surface area contributed by atoms with Crippen LogP contribution in [0.15, 0.2) is 24.3 Å². The van der Waals surface area contributed by atoms with Crippen molar-refractivity contribution in [2.24, 2.45) is 0 Å². The zero-order valence-electron chi connectivity index (χ0n) is 15.2. The third-order valence-electron chi connectivity index (χ3n) is 4.45. The van der Waals surface area contributed by atoms with E-state index in [4.69, 9.17) is 9.47 Å². The summed E-state index contributed by atoms with van der Waals surface area (Å²) < 4.78 is 10.4. The fraction of sp³-hybridized carbons (Fsp3) is 0.300. The Labute approximate surface area is 161 Å². The van der Waals surface area contributed by atoms with Gasteiger partial charge in [-0.3, -0.25) is 4.79 Å². The largest absolute Gasteiger partial charge is 0.545 e. The number of benzene rings is 1. The molecule has 6 nitrogen and oxygen atoms in total. The molecule has 0 unspecified atom stereocenters. The van der Waals surface area contributed by atoms with Gasteiger partial charge in [0.1, 0.15) is 5.00 Å². The number of aromatic carboxylic acids is 1. The second kappa shape index (κ2) is 8.26. The van der Waals surface area contributed by atoms with Crippen molar-refractivity contribution in [1.82, 2.24) is 0 Å². The minimum atomic E-state index is -1.24. The van der Waals surface area contributed by atoms with Crippen LogP contribution in [0.1, 0.15) is 39.2 Å². The van der Waals surface area contributed by atoms with Crippen molar-refractivity contribution in [2.45, 2.75) is 25.7 Å². The molecule has 27 heavy (non-hydrogen) atoms. The molecule has 0 saturated carbocycles. The highest BCUT2D eigenvalue weighted by molar-refractivity contribution is 7.17. The van der Waals surface area contributed by atoms with Crippen molar-refractivity contribution >= 4 is 34.3 Å². The highest BCUT2D eigenvalue weighted by Gasteiger charge is 2.22. The van der Waals surface area contributed by atoms with E-state index >= 15 is 0 Å². The normalized spacial score (nSPS) is 13.3. The van der Waals surface area contributed by atoms with E-state index in [0.29, 0.717) is 22.9 Å². The van der Waals surface area contributed by atoms with E-state index in [1.165, 1.54) is 24.5 Å². The fourth-order valence-electron chi connectivity index (χ4n) is 3.15. The van der Waals surface area contributed by atoms with Gasteiger partial charge in [-0.2, -0.15) is 0 Å². The topological polar surface area (TPSA) is 87.7 Å². The van der Waals surface area contributed by atoms with E-state index < -0.39 is 11.9 Å². The fourth-order valence-corrected chi connectivity index (χ4v) is 4.43. The average molecular weight is 386 g/mol. The number of aryl methyl sites for hydroxylation is 1. The molecule has 2 aromatic rings. The van der Waals surface area contributed by atoms with Gasteiger partial charge >= 0.3 is 0 Å². The Bertz CT molecular complexity index is 900. The van der Waals surface area contributed by atoms with Crippen molar-refractivity contribution < 1.29 is 24.2 Å². The first-order valence-electron chi connectivity index (χ1n) is 8.60. The van der Waals surface area contributed by atoms with Crippen molar-refractivity contribution in [1.29, 1.82) is 0 Å². The first-order chi connectivity index (χ1) is 13.0. The summed E-state index contributed by atoms with van der Waals surface area (Å²) in [4.78, 5) is 24.9. The van der Waals surface area contributed by atoms with Crippen LogP contribution in [-0.4, -0.2) is 26.1 Å². The molecule has 7 heteroatoms. The summed E-state index contributed by atoms with van der Waals surface area (Å²) in [5.41, 5.74) is 1.70. The molecule has 1 heterocycles. The smallest absolute Gasteiger partial charge is 0.249 e. The molecule has 0 saturated heterocycles. The second-order valence-corrected chi connectivity index (χ2v) is 7.24. The number of ether oxygens (including phenoxy) is 2. The number of anilines is 1. The van der Waals surface area contributed by atoms with Gasteiger partial charge in [-0.15, -0.1) is 11.3 Å². The molecule has 0 atom stereocenters. The van der Waals surface area contributed by atoms with Crippen LogP contribution in [0.4, 0.5) is 5.00 Å². The number of carboxylic acids is 1. The van der Waals surface area contributed by atoms with Crippen LogP contribution < -0.4 is 19.9 Å². The van der Waals surface area contributed by atoms with Crippen molar-refractivity contribution in [3.8, 4) is 11.5 Å². The quantitative estimate of drug-likeness (QED) is 0.771. The number of hydrogen-bond donors (Lipinski definition) is 1. The van der Waals surface area contributed by atoms with Gasteiger partial charge in [0.2, 0.25) is 5.91 Å². The van der Waals surface area contributed by atoms with Gasteiger partial charge in [0.25, 0.3) is 0 Å². The Morgan fingerprint density at radius 1 is 1.15 bits per heavy atom. The van der Waals surface area contributed by atoms with Crippen LogP contribution in [0.3, 0.4) is 0 Å². The SMILES string of the molecule is COc1ccc(C=CC(=O)Nc2sc3c(c2C(=O)[O-])CCCC3)cc1OC. The first kappa shape index (κ1) is 19.0. The third-order valence-corrected chi connectivity index (χ3v) is 5.65. The second-order valence-electron chi connectivity index (χ2n) is 6.14. The molecule has 0 aliphatic heterocycles. The molecular formula is C20H20NO5S-. The number of carbonyl (C=O) groups excluding carboxylic acids is 2. The standard InChI is InChI=1S/C20H21NO5S/c1-25-14-9-7-12(11-15(14)26-2)8-10-17(22)21-19-18(20(23)24)13-5-3-4-6-16(13)27-19/h7-11H,3-6H2,1-2H3,(H,21,22)(H,23,24)/p-1. The molecule has 1 aliphatic carbocycles. The van der Waals surface area contributed by atoms with E-state index in [9.17, 15) is 14.7 Å². The minimum absolute atomic E-state index is 0.127. The zero-order chi connectivity index (χ0) is 19.4. The minimum Gasteiger partial charge on any atom is -0.545 e. The first-order valence-corrected chi connectivity index (χ1v) is 9.42. The number of thiophene rings is 1. The average Bonchev–Trinajstić information content (AvgIpc) is 3.03. The summed E-state index contributed by atoms with van der Waals surface area (Å²) in [6.07, 6.45) is 6.54. The van der Waals surface area contributed by atoms with Gasteiger partial charge in [0.15, 0.2) is 11.5 Å². The lowest BCUT2D eigenvalue weighted by atomic mass is 9.95. The lowest BCUT2D eigenvalue weighted by Crippen LogP contribution is -2.25. The zero-order valence-corrected chi connectivity index (χ0v) is 16.0. The molecule has 0 radical (unpaired) electrons. The maximum absolute atomic E-state index is 12.3. The summed E-state index contributed by atoms with van der Waals surface area (Å²) in [5.74, 6) is -0.480. The lowest BCUT2D eigenvalue weighted by Gasteiger charge is -2.13.